The van der Waals surface area contributed by atoms with Gasteiger partial charge in [-0.25, -0.2) is 4.79 Å². The molecule has 0 aromatic carbocycles. The van der Waals surface area contributed by atoms with Gasteiger partial charge in [0.1, 0.15) is 0 Å². The van der Waals surface area contributed by atoms with Crippen LogP contribution in [0.25, 0.3) is 0 Å². The number of nitrogens with one attached hydrogen (secondary N) is 1. The lowest BCUT2D eigenvalue weighted by Gasteiger charge is -2.14. The molecule has 0 aromatic heterocycles. The van der Waals surface area contributed by atoms with Crippen molar-refractivity contribution in [3.63, 3.8) is 0 Å². The predicted molar refractivity (Wildman–Crippen MR) is 50.9 cm³/mol. The fourth-order valence-electron chi connectivity index (χ4n) is 1.27. The van der Waals surface area contributed by atoms with Crippen LogP contribution in [0.1, 0.15) is 12.8 Å². The molecule has 1 aliphatic heterocycles. The molecule has 6 heteroatoms. The van der Waals surface area contributed by atoms with Gasteiger partial charge >= 0.3 is 11.9 Å². The molecular formula is C8H13F2NO2S. The average Bonchev–Trinajstić information content (AvgIpc) is 2.56. The summed E-state index contributed by atoms with van der Waals surface area (Å²) in [5.41, 5.74) is 0. The number of carboxylic acid groups (broad SMARTS) is 1. The van der Waals surface area contributed by atoms with E-state index >= 15 is 0 Å². The Morgan fingerprint density at radius 2 is 2.36 bits per heavy atom. The molecule has 2 N–H and O–H groups in total. The summed E-state index contributed by atoms with van der Waals surface area (Å²) in [6.07, 6.45) is 2.14. The largest absolute Gasteiger partial charge is 0.477 e. The molecule has 14 heavy (non-hydrogen) atoms. The van der Waals surface area contributed by atoms with Gasteiger partial charge in [-0.1, -0.05) is 0 Å². The van der Waals surface area contributed by atoms with Crippen molar-refractivity contribution in [1.29, 1.82) is 0 Å². The number of hydrogen-bond acceptors (Lipinski definition) is 3. The molecule has 0 aromatic rings. The summed E-state index contributed by atoms with van der Waals surface area (Å²) in [4.78, 5) is 10.1. The highest BCUT2D eigenvalue weighted by molar-refractivity contribution is 8.00. The fraction of sp³-hybridized carbons (Fsp3) is 0.875. The number of carboxylic acids is 1. The molecule has 0 aliphatic carbocycles. The molecule has 0 radical (unpaired) electrons. The molecule has 0 bridgehead atoms. The zero-order valence-corrected chi connectivity index (χ0v) is 8.45. The van der Waals surface area contributed by atoms with Crippen LogP contribution in [0.2, 0.25) is 0 Å². The summed E-state index contributed by atoms with van der Waals surface area (Å²) >= 11 is 1.75. The first-order chi connectivity index (χ1) is 6.52. The molecular weight excluding hydrogens is 212 g/mol. The van der Waals surface area contributed by atoms with E-state index in [9.17, 15) is 13.6 Å². The first kappa shape index (κ1) is 11.7. The molecule has 1 heterocycles. The summed E-state index contributed by atoms with van der Waals surface area (Å²) in [5.74, 6) is -4.64. The lowest BCUT2D eigenvalue weighted by molar-refractivity contribution is -0.163. The Bertz CT molecular complexity index is 208. The summed E-state index contributed by atoms with van der Waals surface area (Å²) in [6, 6.07) is 0. The summed E-state index contributed by atoms with van der Waals surface area (Å²) in [5, 5.41) is 11.0. The molecule has 1 rings (SSSR count). The second kappa shape index (κ2) is 4.93. The number of rotatable bonds is 5. The highest BCUT2D eigenvalue weighted by Crippen LogP contribution is 2.25. The van der Waals surface area contributed by atoms with Crippen molar-refractivity contribution < 1.29 is 18.7 Å². The Kier molecular flexibility index (Phi) is 4.12. The van der Waals surface area contributed by atoms with E-state index < -0.39 is 18.4 Å². The summed E-state index contributed by atoms with van der Waals surface area (Å²) in [7, 11) is 0. The zero-order valence-electron chi connectivity index (χ0n) is 7.63. The summed E-state index contributed by atoms with van der Waals surface area (Å²) < 4.78 is 25.1. The van der Waals surface area contributed by atoms with Gasteiger partial charge < -0.3 is 10.4 Å². The summed E-state index contributed by atoms with van der Waals surface area (Å²) in [6.45, 7) is -0.313. The van der Waals surface area contributed by atoms with Gasteiger partial charge in [0.2, 0.25) is 0 Å². The SMILES string of the molecule is O=C(O)C(F)(F)CNCC1CCCS1. The van der Waals surface area contributed by atoms with E-state index in [4.69, 9.17) is 5.11 Å². The van der Waals surface area contributed by atoms with Crippen molar-refractivity contribution in [3.8, 4) is 0 Å². The Labute approximate surface area is 85.2 Å². The van der Waals surface area contributed by atoms with Crippen LogP contribution in [-0.2, 0) is 4.79 Å². The molecule has 0 saturated carbocycles. The maximum absolute atomic E-state index is 12.6. The molecule has 1 unspecified atom stereocenters. The Morgan fingerprint density at radius 3 is 2.86 bits per heavy atom. The number of aliphatic carboxylic acids is 1. The molecule has 1 saturated heterocycles. The normalized spacial score (nSPS) is 22.6. The van der Waals surface area contributed by atoms with Gasteiger partial charge in [-0.3, -0.25) is 0 Å². The molecule has 1 aliphatic rings. The van der Waals surface area contributed by atoms with Gasteiger partial charge in [-0.2, -0.15) is 20.5 Å². The first-order valence-corrected chi connectivity index (χ1v) is 5.51. The minimum atomic E-state index is -3.65. The van der Waals surface area contributed by atoms with E-state index in [0.29, 0.717) is 11.8 Å². The molecule has 1 fully saturated rings. The Balaban J connectivity index is 2.16. The monoisotopic (exact) mass is 225 g/mol. The van der Waals surface area contributed by atoms with Crippen molar-refractivity contribution in [2.45, 2.75) is 24.0 Å². The van der Waals surface area contributed by atoms with Crippen LogP contribution < -0.4 is 5.32 Å². The van der Waals surface area contributed by atoms with Crippen molar-refractivity contribution in [2.75, 3.05) is 18.8 Å². The number of hydrogen-bond donors (Lipinski definition) is 2. The van der Waals surface area contributed by atoms with Crippen LogP contribution >= 0.6 is 11.8 Å². The predicted octanol–water partition coefficient (Wildman–Crippen LogP) is 1.19. The average molecular weight is 225 g/mol. The van der Waals surface area contributed by atoms with Gasteiger partial charge in [0.15, 0.2) is 0 Å². The van der Waals surface area contributed by atoms with E-state index in [0.717, 1.165) is 18.6 Å². The Morgan fingerprint density at radius 1 is 1.64 bits per heavy atom. The van der Waals surface area contributed by atoms with Crippen LogP contribution in [0, 0.1) is 0 Å². The number of carbonyl (C=O) groups is 1. The van der Waals surface area contributed by atoms with Crippen LogP contribution in [0.4, 0.5) is 8.78 Å². The van der Waals surface area contributed by atoms with E-state index in [2.05, 4.69) is 5.32 Å². The third-order valence-electron chi connectivity index (χ3n) is 2.06. The third-order valence-corrected chi connectivity index (χ3v) is 3.45. The van der Waals surface area contributed by atoms with E-state index in [1.807, 2.05) is 0 Å². The molecule has 3 nitrogen and oxygen atoms in total. The zero-order chi connectivity index (χ0) is 10.6. The van der Waals surface area contributed by atoms with Crippen LogP contribution in [-0.4, -0.2) is 41.1 Å². The minimum Gasteiger partial charge on any atom is -0.477 e. The minimum absolute atomic E-state index is 0.361. The van der Waals surface area contributed by atoms with Gasteiger partial charge in [-0.05, 0) is 18.6 Å². The molecule has 0 spiro atoms. The molecule has 1 atom stereocenters. The van der Waals surface area contributed by atoms with Gasteiger partial charge in [0.05, 0.1) is 6.54 Å². The van der Waals surface area contributed by atoms with Crippen LogP contribution in [0.3, 0.4) is 0 Å². The lowest BCUT2D eigenvalue weighted by Crippen LogP contribution is -2.41. The third kappa shape index (κ3) is 3.42. The van der Waals surface area contributed by atoms with Crippen molar-refractivity contribution in [1.82, 2.24) is 5.32 Å². The second-order valence-electron chi connectivity index (χ2n) is 3.28. The first-order valence-electron chi connectivity index (χ1n) is 4.46. The smallest absolute Gasteiger partial charge is 0.375 e. The number of halogens is 2. The molecule has 82 valence electrons. The van der Waals surface area contributed by atoms with Crippen molar-refractivity contribution in [2.24, 2.45) is 0 Å². The van der Waals surface area contributed by atoms with Crippen molar-refractivity contribution in [3.05, 3.63) is 0 Å². The highest BCUT2D eigenvalue weighted by atomic mass is 32.2. The van der Waals surface area contributed by atoms with E-state index in [1.54, 1.807) is 11.8 Å². The molecule has 0 amide bonds. The fourth-order valence-corrected chi connectivity index (χ4v) is 2.51. The Hall–Kier alpha value is -0.360. The van der Waals surface area contributed by atoms with Gasteiger partial charge in [-0.15, -0.1) is 0 Å². The number of alkyl halides is 2. The lowest BCUT2D eigenvalue weighted by atomic mass is 10.2. The standard InChI is InChI=1S/C8H13F2NO2S/c9-8(10,7(12)13)5-11-4-6-2-1-3-14-6/h6,11H,1-5H2,(H,12,13). The second-order valence-corrected chi connectivity index (χ2v) is 4.68. The van der Waals surface area contributed by atoms with E-state index in [-0.39, 0.29) is 0 Å². The van der Waals surface area contributed by atoms with Crippen LogP contribution in [0.5, 0.6) is 0 Å². The number of thioether (sulfide) groups is 1. The van der Waals surface area contributed by atoms with Gasteiger partial charge in [0.25, 0.3) is 0 Å². The van der Waals surface area contributed by atoms with Gasteiger partial charge in [0, 0.05) is 11.8 Å². The quantitative estimate of drug-likeness (QED) is 0.738. The maximum Gasteiger partial charge on any atom is 0.375 e. The van der Waals surface area contributed by atoms with Crippen LogP contribution in [0.15, 0.2) is 0 Å². The van der Waals surface area contributed by atoms with E-state index in [1.165, 1.54) is 0 Å². The van der Waals surface area contributed by atoms with Crippen molar-refractivity contribution >= 4 is 17.7 Å². The highest BCUT2D eigenvalue weighted by Gasteiger charge is 2.38. The maximum atomic E-state index is 12.6. The topological polar surface area (TPSA) is 49.3 Å².